The molecule has 112 valence electrons. The molecule has 1 aliphatic heterocycles. The summed E-state index contributed by atoms with van der Waals surface area (Å²) in [6.45, 7) is 2.59. The van der Waals surface area contributed by atoms with Crippen LogP contribution in [-0.4, -0.2) is 32.1 Å². The summed E-state index contributed by atoms with van der Waals surface area (Å²) < 4.78 is 51.5. The summed E-state index contributed by atoms with van der Waals surface area (Å²) in [4.78, 5) is 1.72. The number of hydrogen-bond donors (Lipinski definition) is 1. The van der Waals surface area contributed by atoms with Crippen molar-refractivity contribution in [1.29, 1.82) is 0 Å². The first kappa shape index (κ1) is 15.1. The van der Waals surface area contributed by atoms with E-state index in [-0.39, 0.29) is 24.2 Å². The van der Waals surface area contributed by atoms with Gasteiger partial charge in [-0.2, -0.15) is 0 Å². The first-order valence-electron chi connectivity index (χ1n) is 6.67. The summed E-state index contributed by atoms with van der Waals surface area (Å²) in [5.41, 5.74) is 0.195. The Morgan fingerprint density at radius 1 is 1.30 bits per heavy atom. The van der Waals surface area contributed by atoms with E-state index in [9.17, 15) is 17.6 Å². The third-order valence-corrected chi connectivity index (χ3v) is 3.47. The van der Waals surface area contributed by atoms with Crippen molar-refractivity contribution in [2.45, 2.75) is 25.8 Å². The molecule has 20 heavy (non-hydrogen) atoms. The van der Waals surface area contributed by atoms with Crippen LogP contribution in [0.4, 0.5) is 23.2 Å². The van der Waals surface area contributed by atoms with Crippen LogP contribution in [0.3, 0.4) is 0 Å². The molecule has 1 saturated heterocycles. The molecule has 1 heterocycles. The van der Waals surface area contributed by atoms with Crippen molar-refractivity contribution in [3.05, 3.63) is 29.8 Å². The fourth-order valence-corrected chi connectivity index (χ4v) is 2.68. The van der Waals surface area contributed by atoms with Crippen LogP contribution in [-0.2, 0) is 0 Å². The molecule has 2 rings (SSSR count). The van der Waals surface area contributed by atoms with E-state index in [1.807, 2.05) is 6.92 Å². The fraction of sp³-hybridized carbons (Fsp3) is 0.571. The van der Waals surface area contributed by atoms with Crippen LogP contribution in [0.25, 0.3) is 0 Å². The zero-order chi connectivity index (χ0) is 14.7. The largest absolute Gasteiger partial charge is 0.367 e. The van der Waals surface area contributed by atoms with Gasteiger partial charge in [0.05, 0.1) is 12.2 Å². The van der Waals surface area contributed by atoms with Crippen LogP contribution in [0.2, 0.25) is 0 Å². The lowest BCUT2D eigenvalue weighted by atomic mass is 9.95. The second-order valence-electron chi connectivity index (χ2n) is 5.34. The standard InChI is InChI=1S/C14H18F4N2/c1-9-4-11(19-6-14(17)18)8-20(7-9)13-5-10(15)2-3-12(13)16/h2-3,5,9,11,14,19H,4,6-8H2,1H3. The second kappa shape index (κ2) is 6.43. The Morgan fingerprint density at radius 2 is 2.05 bits per heavy atom. The molecule has 2 nitrogen and oxygen atoms in total. The monoisotopic (exact) mass is 290 g/mol. The van der Waals surface area contributed by atoms with Gasteiger partial charge in [-0.25, -0.2) is 17.6 Å². The first-order valence-corrected chi connectivity index (χ1v) is 6.67. The molecular weight excluding hydrogens is 272 g/mol. The third kappa shape index (κ3) is 3.85. The van der Waals surface area contributed by atoms with Gasteiger partial charge >= 0.3 is 0 Å². The average molecular weight is 290 g/mol. The van der Waals surface area contributed by atoms with Crippen LogP contribution >= 0.6 is 0 Å². The summed E-state index contributed by atoms with van der Waals surface area (Å²) in [6.07, 6.45) is -1.66. The van der Waals surface area contributed by atoms with E-state index in [1.54, 1.807) is 4.90 Å². The van der Waals surface area contributed by atoms with E-state index in [0.29, 0.717) is 13.1 Å². The van der Waals surface area contributed by atoms with Crippen molar-refractivity contribution in [3.63, 3.8) is 0 Å². The molecule has 1 aromatic rings. The molecule has 0 amide bonds. The Morgan fingerprint density at radius 3 is 2.75 bits per heavy atom. The van der Waals surface area contributed by atoms with E-state index in [1.165, 1.54) is 0 Å². The Kier molecular flexibility index (Phi) is 4.86. The molecule has 1 aliphatic rings. The van der Waals surface area contributed by atoms with Crippen LogP contribution in [0.5, 0.6) is 0 Å². The quantitative estimate of drug-likeness (QED) is 0.858. The van der Waals surface area contributed by atoms with Gasteiger partial charge in [-0.15, -0.1) is 0 Å². The van der Waals surface area contributed by atoms with E-state index in [4.69, 9.17) is 0 Å². The molecule has 0 radical (unpaired) electrons. The predicted octanol–water partition coefficient (Wildman–Crippen LogP) is 3.03. The smallest absolute Gasteiger partial charge is 0.250 e. The van der Waals surface area contributed by atoms with Crippen molar-refractivity contribution >= 4 is 5.69 Å². The minimum absolute atomic E-state index is 0.143. The lowest BCUT2D eigenvalue weighted by molar-refractivity contribution is 0.138. The molecular formula is C14H18F4N2. The van der Waals surface area contributed by atoms with E-state index in [0.717, 1.165) is 24.6 Å². The molecule has 1 fully saturated rings. The highest BCUT2D eigenvalue weighted by Gasteiger charge is 2.26. The SMILES string of the molecule is CC1CC(NCC(F)F)CN(c2cc(F)ccc2F)C1. The van der Waals surface area contributed by atoms with Gasteiger partial charge in [-0.1, -0.05) is 6.92 Å². The van der Waals surface area contributed by atoms with Crippen molar-refractivity contribution in [2.24, 2.45) is 5.92 Å². The number of anilines is 1. The molecule has 0 saturated carbocycles. The Hall–Kier alpha value is -1.30. The number of rotatable bonds is 4. The minimum atomic E-state index is -2.41. The van der Waals surface area contributed by atoms with Gasteiger partial charge in [-0.05, 0) is 24.5 Å². The van der Waals surface area contributed by atoms with Crippen molar-refractivity contribution in [1.82, 2.24) is 5.32 Å². The Labute approximate surface area is 115 Å². The van der Waals surface area contributed by atoms with Gasteiger partial charge in [0.2, 0.25) is 0 Å². The highest BCUT2D eigenvalue weighted by atomic mass is 19.3. The van der Waals surface area contributed by atoms with E-state index < -0.39 is 18.1 Å². The second-order valence-corrected chi connectivity index (χ2v) is 5.34. The number of piperidine rings is 1. The molecule has 1 N–H and O–H groups in total. The number of halogens is 4. The van der Waals surface area contributed by atoms with Crippen LogP contribution in [0.15, 0.2) is 18.2 Å². The summed E-state index contributed by atoms with van der Waals surface area (Å²) in [5.74, 6) is -0.772. The molecule has 2 unspecified atom stereocenters. The van der Waals surface area contributed by atoms with Crippen molar-refractivity contribution in [2.75, 3.05) is 24.5 Å². The van der Waals surface area contributed by atoms with Crippen LogP contribution in [0, 0.1) is 17.6 Å². The third-order valence-electron chi connectivity index (χ3n) is 3.47. The summed E-state index contributed by atoms with van der Waals surface area (Å²) in [6, 6.07) is 3.16. The topological polar surface area (TPSA) is 15.3 Å². The highest BCUT2D eigenvalue weighted by molar-refractivity contribution is 5.48. The molecule has 6 heteroatoms. The lowest BCUT2D eigenvalue weighted by Crippen LogP contribution is -2.50. The number of hydrogen-bond acceptors (Lipinski definition) is 2. The first-order chi connectivity index (χ1) is 9.45. The number of nitrogens with zero attached hydrogens (tertiary/aromatic N) is 1. The van der Waals surface area contributed by atoms with Gasteiger partial charge in [0, 0.05) is 25.2 Å². The molecule has 0 spiro atoms. The van der Waals surface area contributed by atoms with Gasteiger partial charge in [0.15, 0.2) is 0 Å². The fourth-order valence-electron chi connectivity index (χ4n) is 2.68. The molecule has 2 atom stereocenters. The van der Waals surface area contributed by atoms with Gasteiger partial charge in [-0.3, -0.25) is 0 Å². The lowest BCUT2D eigenvalue weighted by Gasteiger charge is -2.38. The van der Waals surface area contributed by atoms with Crippen LogP contribution < -0.4 is 10.2 Å². The predicted molar refractivity (Wildman–Crippen MR) is 70.1 cm³/mol. The van der Waals surface area contributed by atoms with Gasteiger partial charge in [0.25, 0.3) is 6.43 Å². The molecule has 0 aromatic heterocycles. The zero-order valence-corrected chi connectivity index (χ0v) is 11.3. The van der Waals surface area contributed by atoms with Crippen molar-refractivity contribution < 1.29 is 17.6 Å². The maximum atomic E-state index is 13.8. The molecule has 0 bridgehead atoms. The summed E-state index contributed by atoms with van der Waals surface area (Å²) in [7, 11) is 0. The number of benzene rings is 1. The maximum Gasteiger partial charge on any atom is 0.250 e. The van der Waals surface area contributed by atoms with Gasteiger partial charge in [0.1, 0.15) is 11.6 Å². The average Bonchev–Trinajstić information content (AvgIpc) is 2.38. The summed E-state index contributed by atoms with van der Waals surface area (Å²) >= 11 is 0. The van der Waals surface area contributed by atoms with E-state index >= 15 is 0 Å². The summed E-state index contributed by atoms with van der Waals surface area (Å²) in [5, 5.41) is 2.78. The van der Waals surface area contributed by atoms with Crippen molar-refractivity contribution in [3.8, 4) is 0 Å². The van der Waals surface area contributed by atoms with Crippen LogP contribution in [0.1, 0.15) is 13.3 Å². The Balaban J connectivity index is 2.09. The number of alkyl halides is 2. The number of nitrogens with one attached hydrogen (secondary N) is 1. The highest BCUT2D eigenvalue weighted by Crippen LogP contribution is 2.26. The maximum absolute atomic E-state index is 13.8. The van der Waals surface area contributed by atoms with Gasteiger partial charge < -0.3 is 10.2 Å². The Bertz CT molecular complexity index is 453. The zero-order valence-electron chi connectivity index (χ0n) is 11.3. The minimum Gasteiger partial charge on any atom is -0.367 e. The molecule has 0 aliphatic carbocycles. The molecule has 1 aromatic carbocycles. The van der Waals surface area contributed by atoms with E-state index in [2.05, 4.69) is 5.32 Å². The normalized spacial score (nSPS) is 23.4.